The first-order chi connectivity index (χ1) is 18.3. The van der Waals surface area contributed by atoms with E-state index in [4.69, 9.17) is 18.9 Å². The van der Waals surface area contributed by atoms with Crippen LogP contribution in [-0.4, -0.2) is 51.2 Å². The quantitative estimate of drug-likeness (QED) is 0.372. The van der Waals surface area contributed by atoms with Crippen LogP contribution in [0, 0.1) is 0 Å². The summed E-state index contributed by atoms with van der Waals surface area (Å²) in [7, 11) is 2.70. The van der Waals surface area contributed by atoms with Crippen LogP contribution in [0.2, 0.25) is 0 Å². The predicted molar refractivity (Wildman–Crippen MR) is 140 cm³/mol. The van der Waals surface area contributed by atoms with Crippen molar-refractivity contribution >= 4 is 35.1 Å². The Labute approximate surface area is 219 Å². The zero-order chi connectivity index (χ0) is 27.7. The van der Waals surface area contributed by atoms with Crippen LogP contribution in [0.3, 0.4) is 0 Å². The van der Waals surface area contributed by atoms with Gasteiger partial charge in [-0.2, -0.15) is 0 Å². The first kappa shape index (κ1) is 27.7. The number of amides is 2. The lowest BCUT2D eigenvalue weighted by Crippen LogP contribution is -2.19. The lowest BCUT2D eigenvalue weighted by Gasteiger charge is -2.16. The Morgan fingerprint density at radius 2 is 0.974 bits per heavy atom. The first-order valence-electron chi connectivity index (χ1n) is 11.8. The molecule has 0 atom stereocenters. The molecule has 10 nitrogen and oxygen atoms in total. The van der Waals surface area contributed by atoms with Gasteiger partial charge < -0.3 is 29.6 Å². The van der Waals surface area contributed by atoms with Gasteiger partial charge in [0.05, 0.1) is 61.1 Å². The van der Waals surface area contributed by atoms with Crippen LogP contribution in [0.15, 0.2) is 60.7 Å². The van der Waals surface area contributed by atoms with E-state index in [-0.39, 0.29) is 58.3 Å². The van der Waals surface area contributed by atoms with Crippen molar-refractivity contribution in [3.63, 3.8) is 0 Å². The molecule has 3 aromatic carbocycles. The van der Waals surface area contributed by atoms with Crippen LogP contribution in [0.5, 0.6) is 11.5 Å². The number of nitrogens with one attached hydrogen (secondary N) is 2. The largest absolute Gasteiger partial charge is 0.496 e. The Bertz CT molecular complexity index is 1250. The summed E-state index contributed by atoms with van der Waals surface area (Å²) in [6, 6.07) is 15.5. The van der Waals surface area contributed by atoms with E-state index in [1.54, 1.807) is 50.2 Å². The number of carbonyl (C=O) groups is 4. The number of anilines is 2. The van der Waals surface area contributed by atoms with Crippen LogP contribution in [0.1, 0.15) is 55.3 Å². The normalized spacial score (nSPS) is 10.2. The topological polar surface area (TPSA) is 129 Å². The smallest absolute Gasteiger partial charge is 0.340 e. The van der Waals surface area contributed by atoms with E-state index in [9.17, 15) is 19.2 Å². The fourth-order valence-corrected chi connectivity index (χ4v) is 3.59. The molecule has 0 aliphatic carbocycles. The molecule has 0 saturated heterocycles. The Hall–Kier alpha value is -4.86. The molecule has 2 amide bonds. The third kappa shape index (κ3) is 6.28. The number of methoxy groups -OCH3 is 2. The third-order valence-electron chi connectivity index (χ3n) is 5.35. The summed E-state index contributed by atoms with van der Waals surface area (Å²) in [4.78, 5) is 51.0. The summed E-state index contributed by atoms with van der Waals surface area (Å²) < 4.78 is 20.9. The number of ether oxygens (including phenoxy) is 4. The zero-order valence-electron chi connectivity index (χ0n) is 21.5. The molecule has 0 aromatic heterocycles. The van der Waals surface area contributed by atoms with Crippen molar-refractivity contribution in [3.8, 4) is 11.5 Å². The minimum atomic E-state index is -0.600. The van der Waals surface area contributed by atoms with Crippen LogP contribution in [0.4, 0.5) is 11.4 Å². The van der Waals surface area contributed by atoms with Gasteiger partial charge >= 0.3 is 11.9 Å². The SMILES string of the molecule is CCOC(=O)c1ccccc1NC(=O)c1cc(OC)c(C(=O)Nc2ccccc2C(=O)OCC)cc1OC. The zero-order valence-corrected chi connectivity index (χ0v) is 21.5. The van der Waals surface area contributed by atoms with Crippen LogP contribution >= 0.6 is 0 Å². The number of esters is 2. The molecule has 0 aliphatic heterocycles. The van der Waals surface area contributed by atoms with Gasteiger partial charge in [0, 0.05) is 0 Å². The molecule has 198 valence electrons. The van der Waals surface area contributed by atoms with Crippen LogP contribution in [0.25, 0.3) is 0 Å². The first-order valence-corrected chi connectivity index (χ1v) is 11.8. The van der Waals surface area contributed by atoms with Crippen LogP contribution in [-0.2, 0) is 9.47 Å². The van der Waals surface area contributed by atoms with E-state index >= 15 is 0 Å². The second-order valence-electron chi connectivity index (χ2n) is 7.69. The molecule has 3 aromatic rings. The summed E-state index contributed by atoms with van der Waals surface area (Å²) in [6.07, 6.45) is 0. The summed E-state index contributed by atoms with van der Waals surface area (Å²) >= 11 is 0. The summed E-state index contributed by atoms with van der Waals surface area (Å²) in [5.41, 5.74) is 0.983. The Morgan fingerprint density at radius 3 is 1.32 bits per heavy atom. The van der Waals surface area contributed by atoms with Crippen molar-refractivity contribution in [3.05, 3.63) is 82.9 Å². The van der Waals surface area contributed by atoms with Crippen LogP contribution < -0.4 is 20.1 Å². The molecule has 3 rings (SSSR count). The maximum absolute atomic E-state index is 13.2. The van der Waals surface area contributed by atoms with E-state index in [0.29, 0.717) is 0 Å². The number of rotatable bonds is 10. The lowest BCUT2D eigenvalue weighted by molar-refractivity contribution is 0.0517. The monoisotopic (exact) mass is 520 g/mol. The Morgan fingerprint density at radius 1 is 0.605 bits per heavy atom. The van der Waals surface area contributed by atoms with Gasteiger partial charge in [-0.05, 0) is 50.2 Å². The van der Waals surface area contributed by atoms with Crippen molar-refractivity contribution in [1.82, 2.24) is 0 Å². The van der Waals surface area contributed by atoms with Crippen molar-refractivity contribution < 1.29 is 38.1 Å². The summed E-state index contributed by atoms with van der Waals surface area (Å²) in [6.45, 7) is 3.73. The van der Waals surface area contributed by atoms with Crippen molar-refractivity contribution in [2.24, 2.45) is 0 Å². The van der Waals surface area contributed by atoms with Gasteiger partial charge in [0.2, 0.25) is 0 Å². The van der Waals surface area contributed by atoms with Crippen molar-refractivity contribution in [1.29, 1.82) is 0 Å². The fourth-order valence-electron chi connectivity index (χ4n) is 3.59. The number of hydrogen-bond donors (Lipinski definition) is 2. The molecule has 0 bridgehead atoms. The van der Waals surface area contributed by atoms with Gasteiger partial charge in [-0.15, -0.1) is 0 Å². The molecule has 0 saturated carbocycles. The molecular weight excluding hydrogens is 492 g/mol. The van der Waals surface area contributed by atoms with Gasteiger partial charge in [-0.25, -0.2) is 9.59 Å². The van der Waals surface area contributed by atoms with Gasteiger partial charge in [0.15, 0.2) is 0 Å². The molecule has 0 fully saturated rings. The molecule has 0 unspecified atom stereocenters. The maximum Gasteiger partial charge on any atom is 0.340 e. The van der Waals surface area contributed by atoms with Gasteiger partial charge in [0.25, 0.3) is 11.8 Å². The molecule has 0 heterocycles. The third-order valence-corrected chi connectivity index (χ3v) is 5.35. The van der Waals surface area contributed by atoms with Crippen molar-refractivity contribution in [2.75, 3.05) is 38.1 Å². The number of hydrogen-bond acceptors (Lipinski definition) is 8. The van der Waals surface area contributed by atoms with E-state index in [1.165, 1.54) is 38.5 Å². The standard InChI is InChI=1S/C28H28N2O8/c1-5-37-27(33)17-11-7-9-13-21(17)29-25(31)19-15-24(36-4)20(16-23(19)35-3)26(32)30-22-14-10-8-12-18(22)28(34)38-6-2/h7-16H,5-6H2,1-4H3,(H,29,31)(H,30,32). The van der Waals surface area contributed by atoms with Crippen molar-refractivity contribution in [2.45, 2.75) is 13.8 Å². The Balaban J connectivity index is 1.93. The molecule has 10 heteroatoms. The molecule has 2 N–H and O–H groups in total. The van der Waals surface area contributed by atoms with E-state index in [0.717, 1.165) is 0 Å². The minimum Gasteiger partial charge on any atom is -0.496 e. The van der Waals surface area contributed by atoms with Gasteiger partial charge in [-0.1, -0.05) is 24.3 Å². The average molecular weight is 521 g/mol. The molecule has 38 heavy (non-hydrogen) atoms. The summed E-state index contributed by atoms with van der Waals surface area (Å²) in [5.74, 6) is -2.19. The Kier molecular flexibility index (Phi) is 9.42. The fraction of sp³-hybridized carbons (Fsp3) is 0.214. The average Bonchev–Trinajstić information content (AvgIpc) is 2.93. The van der Waals surface area contributed by atoms with Gasteiger partial charge in [-0.3, -0.25) is 9.59 Å². The van der Waals surface area contributed by atoms with E-state index in [2.05, 4.69) is 10.6 Å². The molecular formula is C28H28N2O8. The lowest BCUT2D eigenvalue weighted by atomic mass is 10.1. The molecule has 0 spiro atoms. The predicted octanol–water partition coefficient (Wildman–Crippen LogP) is 4.56. The highest BCUT2D eigenvalue weighted by Gasteiger charge is 2.23. The highest BCUT2D eigenvalue weighted by Crippen LogP contribution is 2.31. The highest BCUT2D eigenvalue weighted by molar-refractivity contribution is 6.13. The maximum atomic E-state index is 13.2. The van der Waals surface area contributed by atoms with E-state index < -0.39 is 23.8 Å². The molecule has 0 radical (unpaired) electrons. The number of benzene rings is 3. The van der Waals surface area contributed by atoms with Gasteiger partial charge in [0.1, 0.15) is 11.5 Å². The number of carbonyl (C=O) groups excluding carboxylic acids is 4. The minimum absolute atomic E-state index is 0.0616. The summed E-state index contributed by atoms with van der Waals surface area (Å²) in [5, 5.41) is 5.37. The highest BCUT2D eigenvalue weighted by atomic mass is 16.5. The second kappa shape index (κ2) is 12.9. The number of para-hydroxylation sites is 2. The van der Waals surface area contributed by atoms with E-state index in [1.807, 2.05) is 0 Å². The molecule has 0 aliphatic rings. The second-order valence-corrected chi connectivity index (χ2v) is 7.69.